The van der Waals surface area contributed by atoms with E-state index in [9.17, 15) is 4.79 Å². The van der Waals surface area contributed by atoms with Gasteiger partial charge in [-0.05, 0) is 42.8 Å². The van der Waals surface area contributed by atoms with Crippen molar-refractivity contribution in [2.45, 2.75) is 19.8 Å². The number of fused-ring (bicyclic) bond motifs is 2. The maximum atomic E-state index is 15.0. The first-order valence-corrected chi connectivity index (χ1v) is 10.3. The summed E-state index contributed by atoms with van der Waals surface area (Å²) >= 11 is 0. The van der Waals surface area contributed by atoms with Gasteiger partial charge in [-0.2, -0.15) is 0 Å². The molecule has 0 spiro atoms. The van der Waals surface area contributed by atoms with E-state index >= 15 is 4.39 Å². The molecule has 2 aliphatic rings. The van der Waals surface area contributed by atoms with Crippen LogP contribution in [0, 0.1) is 12.7 Å². The zero-order valence-corrected chi connectivity index (χ0v) is 17.7. The van der Waals surface area contributed by atoms with Gasteiger partial charge in [0, 0.05) is 48.7 Å². The Morgan fingerprint density at radius 2 is 1.94 bits per heavy atom. The van der Waals surface area contributed by atoms with E-state index < -0.39 is 11.8 Å². The number of amides is 2. The highest BCUT2D eigenvalue weighted by Crippen LogP contribution is 2.39. The maximum Gasteiger partial charge on any atom is 0.317 e. The quantitative estimate of drug-likeness (QED) is 0.448. The van der Waals surface area contributed by atoms with Crippen molar-refractivity contribution in [2.75, 3.05) is 42.7 Å². The van der Waals surface area contributed by atoms with Crippen LogP contribution in [-0.4, -0.2) is 42.4 Å². The maximum absolute atomic E-state index is 15.0. The molecule has 1 saturated heterocycles. The molecule has 2 aromatic heterocycles. The van der Waals surface area contributed by atoms with Gasteiger partial charge in [-0.3, -0.25) is 5.32 Å². The molecule has 2 amide bonds. The normalized spacial score (nSPS) is 14.6. The van der Waals surface area contributed by atoms with Crippen molar-refractivity contribution < 1.29 is 18.7 Å². The summed E-state index contributed by atoms with van der Waals surface area (Å²) in [5.74, 6) is 0.192. The molecule has 0 radical (unpaired) electrons. The van der Waals surface area contributed by atoms with Crippen LogP contribution in [0.4, 0.5) is 26.4 Å². The number of urea groups is 1. The minimum atomic E-state index is -0.738. The average Bonchev–Trinajstić information content (AvgIpc) is 3.37. The number of hydrogen-bond donors (Lipinski definition) is 4. The number of carbonyl (C=O) groups is 1. The first kappa shape index (κ1) is 21.6. The standard InChI is InChI=1S/C18H17FN6O2.C4H8O/c1-8-11(6-24-17-16(8)22-2-3-27-17)10-4-9-5-13(25-18(21)26)23-7-12(9)15(20)14(10)19;1-2-4-5-3-1/h4-7,22H,2-3,20H2,1H3,(H3,21,23,25,26);1-4H2. The summed E-state index contributed by atoms with van der Waals surface area (Å²) in [4.78, 5) is 19.4. The van der Waals surface area contributed by atoms with Crippen LogP contribution in [0.25, 0.3) is 21.9 Å². The van der Waals surface area contributed by atoms with E-state index in [2.05, 4.69) is 20.6 Å². The summed E-state index contributed by atoms with van der Waals surface area (Å²) < 4.78 is 25.5. The Morgan fingerprint density at radius 3 is 2.62 bits per heavy atom. The molecule has 2 aliphatic heterocycles. The molecule has 10 heteroatoms. The summed E-state index contributed by atoms with van der Waals surface area (Å²) in [6.45, 7) is 5.04. The molecule has 0 saturated carbocycles. The molecule has 1 fully saturated rings. The van der Waals surface area contributed by atoms with Gasteiger partial charge in [-0.25, -0.2) is 19.2 Å². The summed E-state index contributed by atoms with van der Waals surface area (Å²) in [5.41, 5.74) is 13.6. The molecule has 9 nitrogen and oxygen atoms in total. The highest BCUT2D eigenvalue weighted by atomic mass is 19.1. The van der Waals surface area contributed by atoms with Crippen LogP contribution in [0.2, 0.25) is 0 Å². The molecule has 3 aromatic rings. The lowest BCUT2D eigenvalue weighted by Gasteiger charge is -2.22. The molecule has 1 aromatic carbocycles. The Hall–Kier alpha value is -3.66. The lowest BCUT2D eigenvalue weighted by atomic mass is 9.97. The molecule has 4 heterocycles. The Kier molecular flexibility index (Phi) is 6.22. The number of primary amides is 1. The predicted octanol–water partition coefficient (Wildman–Crippen LogP) is 3.42. The third-order valence-electron chi connectivity index (χ3n) is 5.31. The first-order chi connectivity index (χ1) is 15.5. The highest BCUT2D eigenvalue weighted by Gasteiger charge is 2.21. The number of pyridine rings is 2. The number of anilines is 3. The van der Waals surface area contributed by atoms with Crippen LogP contribution in [0.15, 0.2) is 24.5 Å². The van der Waals surface area contributed by atoms with Crippen molar-refractivity contribution in [1.82, 2.24) is 9.97 Å². The summed E-state index contributed by atoms with van der Waals surface area (Å²) in [7, 11) is 0. The molecule has 5 rings (SSSR count). The fourth-order valence-electron chi connectivity index (χ4n) is 3.69. The van der Waals surface area contributed by atoms with E-state index in [0.29, 0.717) is 40.9 Å². The third-order valence-corrected chi connectivity index (χ3v) is 5.31. The van der Waals surface area contributed by atoms with Crippen molar-refractivity contribution in [3.63, 3.8) is 0 Å². The number of carbonyl (C=O) groups excluding carboxylic acids is 1. The Balaban J connectivity index is 0.000000433. The van der Waals surface area contributed by atoms with Crippen LogP contribution in [0.1, 0.15) is 18.4 Å². The van der Waals surface area contributed by atoms with Gasteiger partial charge in [0.1, 0.15) is 18.1 Å². The van der Waals surface area contributed by atoms with Gasteiger partial charge in [-0.1, -0.05) is 0 Å². The lowest BCUT2D eigenvalue weighted by molar-refractivity contribution is 0.198. The number of aromatic nitrogens is 2. The number of ether oxygens (including phenoxy) is 2. The topological polar surface area (TPSA) is 137 Å². The van der Waals surface area contributed by atoms with Gasteiger partial charge in [0.15, 0.2) is 5.82 Å². The van der Waals surface area contributed by atoms with Gasteiger partial charge in [-0.15, -0.1) is 0 Å². The number of halogens is 1. The van der Waals surface area contributed by atoms with Gasteiger partial charge in [0.2, 0.25) is 5.88 Å². The molecule has 0 atom stereocenters. The molecule has 32 heavy (non-hydrogen) atoms. The van der Waals surface area contributed by atoms with Crippen LogP contribution >= 0.6 is 0 Å². The SMILES string of the molecule is C1CCOC1.Cc1c(-c2cc3cc(NC(N)=O)ncc3c(N)c2F)cnc2c1NCCO2. The van der Waals surface area contributed by atoms with Crippen LogP contribution in [-0.2, 0) is 4.74 Å². The second-order valence-electron chi connectivity index (χ2n) is 7.50. The van der Waals surface area contributed by atoms with Crippen molar-refractivity contribution in [2.24, 2.45) is 5.73 Å². The third kappa shape index (κ3) is 4.35. The molecular formula is C22H25FN6O3. The fraction of sp³-hybridized carbons (Fsp3) is 0.318. The Labute approximate surface area is 184 Å². The minimum absolute atomic E-state index is 0.0260. The predicted molar refractivity (Wildman–Crippen MR) is 121 cm³/mol. The number of hydrogen-bond acceptors (Lipinski definition) is 7. The Bertz CT molecular complexity index is 1160. The van der Waals surface area contributed by atoms with Crippen molar-refractivity contribution in [3.05, 3.63) is 35.9 Å². The van der Waals surface area contributed by atoms with Gasteiger partial charge < -0.3 is 26.3 Å². The Morgan fingerprint density at radius 1 is 1.16 bits per heavy atom. The fourth-order valence-corrected chi connectivity index (χ4v) is 3.69. The molecule has 0 aliphatic carbocycles. The molecule has 0 bridgehead atoms. The number of nitrogens with one attached hydrogen (secondary N) is 2. The van der Waals surface area contributed by atoms with Crippen LogP contribution in [0.5, 0.6) is 5.88 Å². The largest absolute Gasteiger partial charge is 0.474 e. The summed E-state index contributed by atoms with van der Waals surface area (Å²) in [6.07, 6.45) is 5.52. The number of nitrogen functional groups attached to an aromatic ring is 1. The summed E-state index contributed by atoms with van der Waals surface area (Å²) in [5, 5.41) is 6.68. The molecule has 0 unspecified atom stereocenters. The van der Waals surface area contributed by atoms with E-state index in [1.807, 2.05) is 6.92 Å². The number of rotatable bonds is 2. The van der Waals surface area contributed by atoms with Gasteiger partial charge in [0.25, 0.3) is 0 Å². The number of nitrogens with two attached hydrogens (primary N) is 2. The zero-order chi connectivity index (χ0) is 22.7. The smallest absolute Gasteiger partial charge is 0.317 e. The minimum Gasteiger partial charge on any atom is -0.474 e. The van der Waals surface area contributed by atoms with Gasteiger partial charge in [0.05, 0.1) is 5.69 Å². The second kappa shape index (κ2) is 9.23. The summed E-state index contributed by atoms with van der Waals surface area (Å²) in [6, 6.07) is 2.50. The van der Waals surface area contributed by atoms with E-state index in [1.54, 1.807) is 18.3 Å². The first-order valence-electron chi connectivity index (χ1n) is 10.3. The van der Waals surface area contributed by atoms with E-state index in [-0.39, 0.29) is 11.5 Å². The zero-order valence-electron chi connectivity index (χ0n) is 17.7. The molecular weight excluding hydrogens is 415 g/mol. The molecule has 168 valence electrons. The second-order valence-corrected chi connectivity index (χ2v) is 7.50. The van der Waals surface area contributed by atoms with Gasteiger partial charge >= 0.3 is 6.03 Å². The van der Waals surface area contributed by atoms with E-state index in [4.69, 9.17) is 20.9 Å². The molecule has 6 N–H and O–H groups in total. The highest BCUT2D eigenvalue weighted by molar-refractivity contribution is 5.99. The van der Waals surface area contributed by atoms with Crippen LogP contribution in [0.3, 0.4) is 0 Å². The number of benzene rings is 1. The van der Waals surface area contributed by atoms with Crippen molar-refractivity contribution >= 4 is 34.0 Å². The van der Waals surface area contributed by atoms with Crippen molar-refractivity contribution in [1.29, 1.82) is 0 Å². The number of nitrogens with zero attached hydrogens (tertiary/aromatic N) is 2. The monoisotopic (exact) mass is 440 g/mol. The van der Waals surface area contributed by atoms with E-state index in [1.165, 1.54) is 19.0 Å². The lowest BCUT2D eigenvalue weighted by Crippen LogP contribution is -2.20. The van der Waals surface area contributed by atoms with Crippen LogP contribution < -0.4 is 26.8 Å². The van der Waals surface area contributed by atoms with Crippen molar-refractivity contribution in [3.8, 4) is 17.0 Å². The average molecular weight is 440 g/mol. The van der Waals surface area contributed by atoms with E-state index in [0.717, 1.165) is 24.5 Å².